The van der Waals surface area contributed by atoms with Gasteiger partial charge in [-0.2, -0.15) is 0 Å². The molecule has 18 heteroatoms. The maximum Gasteiger partial charge on any atom is 0.240 e. The number of aryl methyl sites for hydroxylation is 2. The Bertz CT molecular complexity index is 2160. The minimum absolute atomic E-state index is 0.00516. The number of nitrogens with one attached hydrogen (secondary N) is 2. The van der Waals surface area contributed by atoms with Crippen molar-refractivity contribution in [3.05, 3.63) is 59.7 Å². The van der Waals surface area contributed by atoms with Crippen LogP contribution in [0.1, 0.15) is 127 Å². The second-order valence-electron chi connectivity index (χ2n) is 25.8. The fourth-order valence-electron chi connectivity index (χ4n) is 6.37. The molecule has 1 aliphatic heterocycles. The Labute approximate surface area is 432 Å². The van der Waals surface area contributed by atoms with Crippen molar-refractivity contribution in [3.8, 4) is 0 Å². The largest absolute Gasteiger partial charge is 0.415 e. The van der Waals surface area contributed by atoms with E-state index in [2.05, 4.69) is 152 Å². The Balaban J connectivity index is 0.000000480. The molecule has 1 aliphatic rings. The van der Waals surface area contributed by atoms with Gasteiger partial charge >= 0.3 is 0 Å². The topological polar surface area (TPSA) is 162 Å². The monoisotopic (exact) mass is 1090 g/mol. The molecule has 0 amide bonds. The Hall–Kier alpha value is -1.11. The molecular formula is C52H100N2O10S2Si4. The van der Waals surface area contributed by atoms with Gasteiger partial charge < -0.3 is 27.5 Å². The Morgan fingerprint density at radius 3 is 1.24 bits per heavy atom. The van der Waals surface area contributed by atoms with E-state index in [4.69, 9.17) is 22.4 Å². The van der Waals surface area contributed by atoms with Crippen LogP contribution in [-0.2, 0) is 42.5 Å². The SMILES string of the molecule is CCC(O)CC(O[Si](C)(C)C(C)(C)C)C(CO[Si](C)(C)C(C)(C)C)NS(=O)(=O)c1ccc(C)cc1.CCC1OC1C(O[Si](C)(C)C(C)(C)C)C(CO[Si](C)(C)C(C)(C)C)NS(=O)(=O)c1ccc(C)cc1. The summed E-state index contributed by atoms with van der Waals surface area (Å²) in [4.78, 5) is 0.456. The van der Waals surface area contributed by atoms with E-state index in [1.54, 1.807) is 36.4 Å². The third-order valence-corrected chi connectivity index (χ3v) is 36.8. The molecule has 2 aromatic carbocycles. The van der Waals surface area contributed by atoms with Crippen LogP contribution in [0.25, 0.3) is 0 Å². The molecule has 3 N–H and O–H groups in total. The maximum atomic E-state index is 13.5. The smallest absolute Gasteiger partial charge is 0.240 e. The number of ether oxygens (including phenoxy) is 1. The van der Waals surface area contributed by atoms with Crippen LogP contribution in [0.3, 0.4) is 0 Å². The highest BCUT2D eigenvalue weighted by Crippen LogP contribution is 2.43. The van der Waals surface area contributed by atoms with E-state index < -0.39 is 83.7 Å². The molecule has 406 valence electrons. The molecule has 0 aromatic heterocycles. The molecule has 0 saturated carbocycles. The molecule has 7 atom stereocenters. The lowest BCUT2D eigenvalue weighted by atomic mass is 10.0. The lowest BCUT2D eigenvalue weighted by molar-refractivity contribution is 0.0524. The first-order valence-electron chi connectivity index (χ1n) is 25.5. The highest BCUT2D eigenvalue weighted by atomic mass is 32.2. The van der Waals surface area contributed by atoms with Crippen molar-refractivity contribution in [3.63, 3.8) is 0 Å². The number of aliphatic hydroxyl groups is 1. The van der Waals surface area contributed by atoms with Gasteiger partial charge in [0.05, 0.1) is 59.5 Å². The van der Waals surface area contributed by atoms with Crippen LogP contribution in [0.5, 0.6) is 0 Å². The second kappa shape index (κ2) is 24.3. The van der Waals surface area contributed by atoms with Crippen molar-refractivity contribution in [2.24, 2.45) is 0 Å². The predicted octanol–water partition coefficient (Wildman–Crippen LogP) is 12.4. The van der Waals surface area contributed by atoms with Crippen LogP contribution in [0, 0.1) is 13.8 Å². The summed E-state index contributed by atoms with van der Waals surface area (Å²) < 4.78 is 92.5. The van der Waals surface area contributed by atoms with E-state index in [0.29, 0.717) is 12.8 Å². The number of hydrogen-bond acceptors (Lipinski definition) is 10. The number of sulfonamides is 2. The van der Waals surface area contributed by atoms with Gasteiger partial charge in [0.2, 0.25) is 20.0 Å². The van der Waals surface area contributed by atoms with Gasteiger partial charge in [0.1, 0.15) is 6.10 Å². The van der Waals surface area contributed by atoms with Crippen LogP contribution in [0.15, 0.2) is 58.3 Å². The summed E-state index contributed by atoms with van der Waals surface area (Å²) in [7, 11) is -16.4. The molecule has 0 radical (unpaired) electrons. The zero-order valence-corrected chi connectivity index (χ0v) is 53.8. The quantitative estimate of drug-likeness (QED) is 0.0721. The van der Waals surface area contributed by atoms with Crippen molar-refractivity contribution < 1.29 is 44.4 Å². The third-order valence-electron chi connectivity index (χ3n) is 15.8. The summed E-state index contributed by atoms with van der Waals surface area (Å²) in [5, 5.41) is 10.5. The minimum Gasteiger partial charge on any atom is -0.415 e. The lowest BCUT2D eigenvalue weighted by Crippen LogP contribution is -2.57. The molecule has 3 rings (SSSR count). The number of benzene rings is 2. The first-order chi connectivity index (χ1) is 31.3. The van der Waals surface area contributed by atoms with Crippen molar-refractivity contribution in [2.45, 2.75) is 255 Å². The Morgan fingerprint density at radius 1 is 0.571 bits per heavy atom. The molecule has 0 spiro atoms. The summed E-state index contributed by atoms with van der Waals surface area (Å²) in [6.45, 7) is 51.8. The summed E-state index contributed by atoms with van der Waals surface area (Å²) in [6.07, 6.45) is 0.156. The summed E-state index contributed by atoms with van der Waals surface area (Å²) in [5.41, 5.74) is 2.00. The average Bonchev–Trinajstić information content (AvgIpc) is 3.98. The molecule has 70 heavy (non-hydrogen) atoms. The zero-order valence-electron chi connectivity index (χ0n) is 48.1. The average molecular weight is 1090 g/mol. The van der Waals surface area contributed by atoms with Gasteiger partial charge in [-0.3, -0.25) is 0 Å². The van der Waals surface area contributed by atoms with Crippen molar-refractivity contribution in [2.75, 3.05) is 13.2 Å². The van der Waals surface area contributed by atoms with Crippen molar-refractivity contribution in [1.29, 1.82) is 0 Å². The molecule has 12 nitrogen and oxygen atoms in total. The van der Waals surface area contributed by atoms with Crippen molar-refractivity contribution in [1.82, 2.24) is 9.44 Å². The first-order valence-corrected chi connectivity index (χ1v) is 40.1. The fourth-order valence-corrected chi connectivity index (χ4v) is 13.6. The maximum absolute atomic E-state index is 13.5. The Morgan fingerprint density at radius 2 is 0.914 bits per heavy atom. The zero-order chi connectivity index (χ0) is 54.5. The van der Waals surface area contributed by atoms with Crippen molar-refractivity contribution >= 4 is 53.3 Å². The molecule has 0 aliphatic carbocycles. The molecule has 7 unspecified atom stereocenters. The molecule has 1 heterocycles. The lowest BCUT2D eigenvalue weighted by Gasteiger charge is -2.43. The summed E-state index contributed by atoms with van der Waals surface area (Å²) >= 11 is 0. The van der Waals surface area contributed by atoms with E-state index in [1.807, 2.05) is 32.9 Å². The van der Waals surface area contributed by atoms with E-state index in [9.17, 15) is 21.9 Å². The second-order valence-corrected chi connectivity index (χ2v) is 48.4. The van der Waals surface area contributed by atoms with Crippen LogP contribution in [0.4, 0.5) is 0 Å². The van der Waals surface area contributed by atoms with Crippen LogP contribution < -0.4 is 9.44 Å². The van der Waals surface area contributed by atoms with E-state index >= 15 is 0 Å². The van der Waals surface area contributed by atoms with Crippen LogP contribution in [0.2, 0.25) is 72.5 Å². The molecule has 2 aromatic rings. The van der Waals surface area contributed by atoms with E-state index in [-0.39, 0.29) is 55.4 Å². The van der Waals surface area contributed by atoms with Gasteiger partial charge in [-0.15, -0.1) is 0 Å². The van der Waals surface area contributed by atoms with Gasteiger partial charge in [-0.25, -0.2) is 26.3 Å². The minimum atomic E-state index is -3.82. The van der Waals surface area contributed by atoms with Gasteiger partial charge in [0, 0.05) is 0 Å². The van der Waals surface area contributed by atoms with Gasteiger partial charge in [0.25, 0.3) is 0 Å². The molecule has 1 fully saturated rings. The number of hydrogen-bond donors (Lipinski definition) is 3. The normalized spacial score (nSPS) is 19.2. The van der Waals surface area contributed by atoms with Gasteiger partial charge in [-0.1, -0.05) is 132 Å². The first kappa shape index (κ1) is 65.0. The van der Waals surface area contributed by atoms with Crippen LogP contribution in [-0.4, -0.2) is 111 Å². The molecule has 0 bridgehead atoms. The molecule has 1 saturated heterocycles. The third kappa shape index (κ3) is 18.6. The van der Waals surface area contributed by atoms with E-state index in [0.717, 1.165) is 17.5 Å². The Kier molecular flexibility index (Phi) is 22.5. The number of epoxide rings is 1. The highest BCUT2D eigenvalue weighted by Gasteiger charge is 2.53. The van der Waals surface area contributed by atoms with Gasteiger partial charge in [-0.05, 0) is 130 Å². The number of rotatable bonds is 23. The van der Waals surface area contributed by atoms with Crippen LogP contribution >= 0.6 is 0 Å². The number of aliphatic hydroxyl groups excluding tert-OH is 1. The fraction of sp³-hybridized carbons (Fsp3) is 0.769. The summed E-state index contributed by atoms with van der Waals surface area (Å²) in [6, 6.07) is 12.6. The highest BCUT2D eigenvalue weighted by molar-refractivity contribution is 7.89. The molecular weight excluding hydrogens is 989 g/mol. The standard InChI is InChI=1S/C26H49NO5SSi2.C26H51NO5SSi2/c1-13-22-24(31-22)23(32-35(11,12)26(6,7)8)21(18-30-34(9,10)25(3,4)5)27-33(28,29)20-16-14-19(2)15-17-20;1-13-21(28)18-24(32-35(11,12)26(6,7)8)23(19-31-34(9,10)25(3,4)5)27-33(29,30)22-16-14-20(2)15-17-22/h14-17,21-24,27H,13,18H2,1-12H3;14-17,21,23-24,27-28H,13,18-19H2,1-12H3. The predicted molar refractivity (Wildman–Crippen MR) is 301 cm³/mol. The summed E-state index contributed by atoms with van der Waals surface area (Å²) in [5.74, 6) is 0. The van der Waals surface area contributed by atoms with Gasteiger partial charge in [0.15, 0.2) is 33.3 Å². The van der Waals surface area contributed by atoms with E-state index in [1.165, 1.54) is 0 Å².